The van der Waals surface area contributed by atoms with Gasteiger partial charge in [0.1, 0.15) is 4.90 Å². The van der Waals surface area contributed by atoms with Gasteiger partial charge in [0.05, 0.1) is 22.8 Å². The zero-order chi connectivity index (χ0) is 18.3. The van der Waals surface area contributed by atoms with Crippen molar-refractivity contribution in [2.45, 2.75) is 31.6 Å². The number of benzene rings is 2. The van der Waals surface area contributed by atoms with E-state index in [0.29, 0.717) is 22.8 Å². The second-order valence-corrected chi connectivity index (χ2v) is 8.36. The maximum atomic E-state index is 13.5. The van der Waals surface area contributed by atoms with E-state index < -0.39 is 10.0 Å². The van der Waals surface area contributed by atoms with E-state index in [2.05, 4.69) is 5.10 Å². The van der Waals surface area contributed by atoms with Gasteiger partial charge in [0.15, 0.2) is 0 Å². The van der Waals surface area contributed by atoms with Gasteiger partial charge in [-0.25, -0.2) is 13.1 Å². The Kier molecular flexibility index (Phi) is 4.07. The van der Waals surface area contributed by atoms with E-state index in [0.717, 1.165) is 29.8 Å². The molecule has 134 valence electrons. The Morgan fingerprint density at radius 1 is 0.962 bits per heavy atom. The average molecular weight is 367 g/mol. The second kappa shape index (κ2) is 6.29. The molecule has 0 radical (unpaired) electrons. The number of fused-ring (bicyclic) bond motifs is 1. The fraction of sp³-hybridized carbons (Fsp3) is 0.250. The van der Waals surface area contributed by atoms with Crippen molar-refractivity contribution in [3.05, 3.63) is 71.5 Å². The fourth-order valence-electron chi connectivity index (χ4n) is 3.68. The number of anilines is 1. The van der Waals surface area contributed by atoms with Crippen LogP contribution in [-0.2, 0) is 16.4 Å². The molecule has 0 bridgehead atoms. The summed E-state index contributed by atoms with van der Waals surface area (Å²) < 4.78 is 30.3. The largest absolute Gasteiger partial charge is 0.268 e. The van der Waals surface area contributed by atoms with E-state index in [1.807, 2.05) is 61.5 Å². The van der Waals surface area contributed by atoms with Gasteiger partial charge in [-0.3, -0.25) is 4.31 Å². The fourth-order valence-corrected chi connectivity index (χ4v) is 5.58. The highest BCUT2D eigenvalue weighted by atomic mass is 32.2. The summed E-state index contributed by atoms with van der Waals surface area (Å²) in [6, 6.07) is 17.3. The number of para-hydroxylation sites is 2. The SMILES string of the molecule is Cc1nn(-c2ccccc2)c(C)c1S(=O)(=O)N1CCCc2ccccc21. The molecule has 1 aliphatic heterocycles. The molecule has 0 saturated carbocycles. The minimum absolute atomic E-state index is 0.304. The highest BCUT2D eigenvalue weighted by molar-refractivity contribution is 7.93. The average Bonchev–Trinajstić information content (AvgIpc) is 2.97. The van der Waals surface area contributed by atoms with Gasteiger partial charge >= 0.3 is 0 Å². The van der Waals surface area contributed by atoms with Crippen LogP contribution in [0, 0.1) is 13.8 Å². The third-order valence-electron chi connectivity index (χ3n) is 4.84. The third kappa shape index (κ3) is 2.61. The highest BCUT2D eigenvalue weighted by Gasteiger charge is 2.33. The first-order valence-corrected chi connectivity index (χ1v) is 10.2. The predicted octanol–water partition coefficient (Wildman–Crippen LogP) is 3.63. The first-order chi connectivity index (χ1) is 12.5. The van der Waals surface area contributed by atoms with Gasteiger partial charge in [0.25, 0.3) is 10.0 Å². The molecule has 0 amide bonds. The highest BCUT2D eigenvalue weighted by Crippen LogP contribution is 2.34. The molecule has 26 heavy (non-hydrogen) atoms. The van der Waals surface area contributed by atoms with Crippen molar-refractivity contribution in [1.29, 1.82) is 0 Å². The molecule has 0 unspecified atom stereocenters. The zero-order valence-electron chi connectivity index (χ0n) is 14.9. The summed E-state index contributed by atoms with van der Waals surface area (Å²) in [5, 5.41) is 4.51. The maximum Gasteiger partial charge on any atom is 0.268 e. The number of sulfonamides is 1. The molecule has 2 heterocycles. The van der Waals surface area contributed by atoms with Crippen LogP contribution < -0.4 is 4.31 Å². The van der Waals surface area contributed by atoms with Crippen LogP contribution in [0.25, 0.3) is 5.69 Å². The predicted molar refractivity (Wildman–Crippen MR) is 102 cm³/mol. The molecule has 1 aromatic heterocycles. The summed E-state index contributed by atoms with van der Waals surface area (Å²) in [5.41, 5.74) is 3.87. The molecule has 0 aliphatic carbocycles. The molecular formula is C20H21N3O2S. The molecule has 4 rings (SSSR count). The summed E-state index contributed by atoms with van der Waals surface area (Å²) in [6.07, 6.45) is 1.73. The van der Waals surface area contributed by atoms with Crippen LogP contribution in [0.2, 0.25) is 0 Å². The van der Waals surface area contributed by atoms with Gasteiger partial charge in [-0.05, 0) is 50.5 Å². The Balaban J connectivity index is 1.85. The number of hydrogen-bond acceptors (Lipinski definition) is 3. The van der Waals surface area contributed by atoms with Gasteiger partial charge in [-0.2, -0.15) is 5.10 Å². The Hall–Kier alpha value is -2.60. The van der Waals surface area contributed by atoms with E-state index in [-0.39, 0.29) is 0 Å². The smallest absolute Gasteiger partial charge is 0.266 e. The minimum Gasteiger partial charge on any atom is -0.266 e. The van der Waals surface area contributed by atoms with Crippen LogP contribution in [0.1, 0.15) is 23.4 Å². The van der Waals surface area contributed by atoms with Crippen LogP contribution in [0.3, 0.4) is 0 Å². The van der Waals surface area contributed by atoms with Gasteiger partial charge in [-0.1, -0.05) is 36.4 Å². The lowest BCUT2D eigenvalue weighted by Crippen LogP contribution is -2.36. The lowest BCUT2D eigenvalue weighted by Gasteiger charge is -2.30. The number of aryl methyl sites for hydroxylation is 2. The van der Waals surface area contributed by atoms with Crippen LogP contribution >= 0.6 is 0 Å². The molecule has 0 spiro atoms. The first kappa shape index (κ1) is 16.8. The van der Waals surface area contributed by atoms with Crippen LogP contribution in [-0.4, -0.2) is 24.7 Å². The van der Waals surface area contributed by atoms with Crippen LogP contribution in [0.4, 0.5) is 5.69 Å². The van der Waals surface area contributed by atoms with Crippen molar-refractivity contribution < 1.29 is 8.42 Å². The molecule has 0 N–H and O–H groups in total. The molecule has 0 saturated heterocycles. The molecule has 2 aromatic carbocycles. The molecule has 1 aliphatic rings. The summed E-state index contributed by atoms with van der Waals surface area (Å²) in [7, 11) is -3.67. The standard InChI is InChI=1S/C20H21N3O2S/c1-15-20(16(2)23(21-15)18-11-4-3-5-12-18)26(24,25)22-14-8-10-17-9-6-7-13-19(17)22/h3-7,9,11-13H,8,10,14H2,1-2H3. The van der Waals surface area contributed by atoms with Gasteiger partial charge in [-0.15, -0.1) is 0 Å². The van der Waals surface area contributed by atoms with Crippen molar-refractivity contribution in [3.63, 3.8) is 0 Å². The maximum absolute atomic E-state index is 13.5. The summed E-state index contributed by atoms with van der Waals surface area (Å²) in [5.74, 6) is 0. The van der Waals surface area contributed by atoms with E-state index in [1.165, 1.54) is 4.31 Å². The van der Waals surface area contributed by atoms with Gasteiger partial charge < -0.3 is 0 Å². The van der Waals surface area contributed by atoms with E-state index in [1.54, 1.807) is 11.6 Å². The zero-order valence-corrected chi connectivity index (χ0v) is 15.7. The quantitative estimate of drug-likeness (QED) is 0.710. The summed E-state index contributed by atoms with van der Waals surface area (Å²) >= 11 is 0. The van der Waals surface area contributed by atoms with Crippen molar-refractivity contribution in [1.82, 2.24) is 9.78 Å². The number of aromatic nitrogens is 2. The molecule has 6 heteroatoms. The number of hydrogen-bond donors (Lipinski definition) is 0. The Labute approximate surface area is 153 Å². The monoisotopic (exact) mass is 367 g/mol. The Bertz CT molecular complexity index is 1060. The molecule has 3 aromatic rings. The normalized spacial score (nSPS) is 14.3. The van der Waals surface area contributed by atoms with Crippen LogP contribution in [0.5, 0.6) is 0 Å². The Morgan fingerprint density at radius 3 is 2.42 bits per heavy atom. The van der Waals surface area contributed by atoms with Gasteiger partial charge in [0.2, 0.25) is 0 Å². The molecule has 0 atom stereocenters. The van der Waals surface area contributed by atoms with Gasteiger partial charge in [0, 0.05) is 6.54 Å². The first-order valence-electron chi connectivity index (χ1n) is 8.72. The molecular weight excluding hydrogens is 346 g/mol. The Morgan fingerprint density at radius 2 is 1.65 bits per heavy atom. The molecule has 5 nitrogen and oxygen atoms in total. The lowest BCUT2D eigenvalue weighted by atomic mass is 10.0. The summed E-state index contributed by atoms with van der Waals surface area (Å²) in [6.45, 7) is 4.07. The van der Waals surface area contributed by atoms with E-state index in [4.69, 9.17) is 0 Å². The molecule has 0 fully saturated rings. The van der Waals surface area contributed by atoms with E-state index >= 15 is 0 Å². The topological polar surface area (TPSA) is 55.2 Å². The van der Waals surface area contributed by atoms with E-state index in [9.17, 15) is 8.42 Å². The van der Waals surface area contributed by atoms with Crippen molar-refractivity contribution in [3.8, 4) is 5.69 Å². The van der Waals surface area contributed by atoms with Crippen molar-refractivity contribution in [2.24, 2.45) is 0 Å². The number of rotatable bonds is 3. The van der Waals surface area contributed by atoms with Crippen molar-refractivity contribution in [2.75, 3.05) is 10.8 Å². The third-order valence-corrected chi connectivity index (χ3v) is 6.91. The second-order valence-electron chi connectivity index (χ2n) is 6.56. The minimum atomic E-state index is -3.67. The summed E-state index contributed by atoms with van der Waals surface area (Å²) in [4.78, 5) is 0.304. The van der Waals surface area contributed by atoms with Crippen LogP contribution in [0.15, 0.2) is 59.5 Å². The lowest BCUT2D eigenvalue weighted by molar-refractivity contribution is 0.585. The number of nitrogens with zero attached hydrogens (tertiary/aromatic N) is 3. The van der Waals surface area contributed by atoms with Crippen molar-refractivity contribution >= 4 is 15.7 Å².